The Bertz CT molecular complexity index is 317. The summed E-state index contributed by atoms with van der Waals surface area (Å²) in [6, 6.07) is 7.83. The Kier molecular flexibility index (Phi) is 3.05. The summed E-state index contributed by atoms with van der Waals surface area (Å²) in [5, 5.41) is 10.1. The molecule has 1 N–H and O–H groups in total. The highest BCUT2D eigenvalue weighted by molar-refractivity contribution is 8.00. The van der Waals surface area contributed by atoms with E-state index in [2.05, 4.69) is 0 Å². The van der Waals surface area contributed by atoms with Crippen LogP contribution in [0.4, 0.5) is 0 Å². The smallest absolute Gasteiger partial charge is 0.0581 e. The minimum Gasteiger partial charge on any atom is -0.395 e. The highest BCUT2D eigenvalue weighted by atomic mass is 35.5. The van der Waals surface area contributed by atoms with Crippen LogP contribution in [0, 0.1) is 0 Å². The number of benzene rings is 1. The summed E-state index contributed by atoms with van der Waals surface area (Å²) in [6.07, 6.45) is 3.45. The number of aliphatic hydroxyl groups excluding tert-OH is 1. The monoisotopic (exact) mass is 228 g/mol. The van der Waals surface area contributed by atoms with Crippen molar-refractivity contribution in [3.05, 3.63) is 29.3 Å². The second kappa shape index (κ2) is 4.13. The van der Waals surface area contributed by atoms with E-state index in [-0.39, 0.29) is 11.4 Å². The molecule has 1 aromatic rings. The van der Waals surface area contributed by atoms with Gasteiger partial charge in [-0.05, 0) is 31.0 Å². The maximum atomic E-state index is 9.31. The molecule has 14 heavy (non-hydrogen) atoms. The van der Waals surface area contributed by atoms with E-state index in [1.165, 1.54) is 6.42 Å². The molecule has 76 valence electrons. The minimum atomic E-state index is 0.0741. The molecule has 0 unspecified atom stereocenters. The summed E-state index contributed by atoms with van der Waals surface area (Å²) < 4.78 is 0.0741. The molecule has 0 saturated heterocycles. The second-order valence-corrected chi connectivity index (χ2v) is 5.73. The van der Waals surface area contributed by atoms with Crippen LogP contribution in [0.25, 0.3) is 0 Å². The lowest BCUT2D eigenvalue weighted by Crippen LogP contribution is -2.37. The van der Waals surface area contributed by atoms with Crippen molar-refractivity contribution in [2.24, 2.45) is 0 Å². The van der Waals surface area contributed by atoms with Crippen LogP contribution >= 0.6 is 23.4 Å². The van der Waals surface area contributed by atoms with Gasteiger partial charge in [0.15, 0.2) is 0 Å². The van der Waals surface area contributed by atoms with Crippen LogP contribution in [0.2, 0.25) is 5.02 Å². The van der Waals surface area contributed by atoms with Gasteiger partial charge in [0.2, 0.25) is 0 Å². The molecule has 0 aromatic heterocycles. The molecule has 3 heteroatoms. The van der Waals surface area contributed by atoms with E-state index in [1.54, 1.807) is 11.8 Å². The van der Waals surface area contributed by atoms with Gasteiger partial charge >= 0.3 is 0 Å². The number of thioether (sulfide) groups is 1. The van der Waals surface area contributed by atoms with Gasteiger partial charge in [-0.15, -0.1) is 11.8 Å². The van der Waals surface area contributed by atoms with Crippen LogP contribution < -0.4 is 0 Å². The molecule has 1 aliphatic rings. The Morgan fingerprint density at radius 3 is 2.71 bits per heavy atom. The second-order valence-electron chi connectivity index (χ2n) is 3.75. The van der Waals surface area contributed by atoms with Gasteiger partial charge in [-0.1, -0.05) is 24.1 Å². The average Bonchev–Trinajstić information content (AvgIpc) is 2.11. The van der Waals surface area contributed by atoms with Crippen LogP contribution in [0.15, 0.2) is 29.2 Å². The quantitative estimate of drug-likeness (QED) is 0.856. The Labute approximate surface area is 93.5 Å². The average molecular weight is 229 g/mol. The van der Waals surface area contributed by atoms with Gasteiger partial charge in [-0.2, -0.15) is 0 Å². The van der Waals surface area contributed by atoms with E-state index in [1.807, 2.05) is 24.3 Å². The molecule has 0 bridgehead atoms. The van der Waals surface area contributed by atoms with Gasteiger partial charge in [-0.25, -0.2) is 0 Å². The highest BCUT2D eigenvalue weighted by Crippen LogP contribution is 2.47. The third-order valence-electron chi connectivity index (χ3n) is 2.68. The zero-order chi connectivity index (χ0) is 10.0. The van der Waals surface area contributed by atoms with E-state index < -0.39 is 0 Å². The van der Waals surface area contributed by atoms with Crippen LogP contribution in [-0.4, -0.2) is 16.5 Å². The molecule has 1 nitrogen and oxygen atoms in total. The summed E-state index contributed by atoms with van der Waals surface area (Å²) in [7, 11) is 0. The third-order valence-corrected chi connectivity index (χ3v) is 4.38. The summed E-state index contributed by atoms with van der Waals surface area (Å²) in [5.74, 6) is 0. The summed E-state index contributed by atoms with van der Waals surface area (Å²) in [4.78, 5) is 1.16. The molecule has 0 amide bonds. The van der Waals surface area contributed by atoms with Crippen molar-refractivity contribution in [3.8, 4) is 0 Å². The molecule has 0 radical (unpaired) electrons. The standard InChI is InChI=1S/C11H13ClOS/c12-9-3-1-4-10(7-9)14-11(8-13)5-2-6-11/h1,3-4,7,13H,2,5-6,8H2. The van der Waals surface area contributed by atoms with Gasteiger partial charge in [0.05, 0.1) is 6.61 Å². The normalized spacial score (nSPS) is 19.0. The highest BCUT2D eigenvalue weighted by Gasteiger charge is 2.37. The zero-order valence-electron chi connectivity index (χ0n) is 7.87. The Morgan fingerprint density at radius 2 is 2.21 bits per heavy atom. The molecule has 1 aromatic carbocycles. The van der Waals surface area contributed by atoms with Crippen molar-refractivity contribution in [2.75, 3.05) is 6.61 Å². The maximum Gasteiger partial charge on any atom is 0.0581 e. The fourth-order valence-corrected chi connectivity index (χ4v) is 3.29. The fourth-order valence-electron chi connectivity index (χ4n) is 1.64. The predicted octanol–water partition coefficient (Wildman–Crippen LogP) is 3.35. The molecule has 1 fully saturated rings. The summed E-state index contributed by atoms with van der Waals surface area (Å²) in [6.45, 7) is 0.268. The van der Waals surface area contributed by atoms with Crippen molar-refractivity contribution in [2.45, 2.75) is 28.9 Å². The van der Waals surface area contributed by atoms with Gasteiger partial charge in [0.1, 0.15) is 0 Å². The van der Waals surface area contributed by atoms with Gasteiger partial charge < -0.3 is 5.11 Å². The van der Waals surface area contributed by atoms with Crippen molar-refractivity contribution in [1.29, 1.82) is 0 Å². The lowest BCUT2D eigenvalue weighted by Gasteiger charge is -2.39. The lowest BCUT2D eigenvalue weighted by molar-refractivity contribution is 0.191. The summed E-state index contributed by atoms with van der Waals surface area (Å²) >= 11 is 7.66. The van der Waals surface area contributed by atoms with Crippen molar-refractivity contribution in [3.63, 3.8) is 0 Å². The Balaban J connectivity index is 2.09. The molecular weight excluding hydrogens is 216 g/mol. The van der Waals surface area contributed by atoms with Crippen LogP contribution in [0.5, 0.6) is 0 Å². The van der Waals surface area contributed by atoms with Crippen LogP contribution in [-0.2, 0) is 0 Å². The molecular formula is C11H13ClOS. The largest absolute Gasteiger partial charge is 0.395 e. The van der Waals surface area contributed by atoms with E-state index in [0.29, 0.717) is 0 Å². The van der Waals surface area contributed by atoms with Crippen molar-refractivity contribution >= 4 is 23.4 Å². The number of halogens is 1. The topological polar surface area (TPSA) is 20.2 Å². The molecule has 0 atom stereocenters. The molecule has 0 heterocycles. The first-order valence-electron chi connectivity index (χ1n) is 4.80. The molecule has 1 saturated carbocycles. The number of hydrogen-bond donors (Lipinski definition) is 1. The minimum absolute atomic E-state index is 0.0741. The van der Waals surface area contributed by atoms with Gasteiger partial charge in [0, 0.05) is 14.7 Å². The lowest BCUT2D eigenvalue weighted by atomic mass is 9.85. The van der Waals surface area contributed by atoms with E-state index >= 15 is 0 Å². The summed E-state index contributed by atoms with van der Waals surface area (Å²) in [5.41, 5.74) is 0. The van der Waals surface area contributed by atoms with E-state index in [9.17, 15) is 5.11 Å². The SMILES string of the molecule is OCC1(Sc2cccc(Cl)c2)CCC1. The Hall–Kier alpha value is -0.180. The van der Waals surface area contributed by atoms with E-state index in [4.69, 9.17) is 11.6 Å². The van der Waals surface area contributed by atoms with Crippen molar-refractivity contribution in [1.82, 2.24) is 0 Å². The molecule has 0 aliphatic heterocycles. The molecule has 2 rings (SSSR count). The first-order chi connectivity index (χ1) is 6.74. The zero-order valence-corrected chi connectivity index (χ0v) is 9.44. The first kappa shape index (κ1) is 10.3. The molecule has 0 spiro atoms. The van der Waals surface area contributed by atoms with Crippen LogP contribution in [0.1, 0.15) is 19.3 Å². The van der Waals surface area contributed by atoms with E-state index in [0.717, 1.165) is 22.8 Å². The molecule has 1 aliphatic carbocycles. The van der Waals surface area contributed by atoms with Crippen molar-refractivity contribution < 1.29 is 5.11 Å². The first-order valence-corrected chi connectivity index (χ1v) is 5.99. The van der Waals surface area contributed by atoms with Gasteiger partial charge in [-0.3, -0.25) is 0 Å². The van der Waals surface area contributed by atoms with Crippen LogP contribution in [0.3, 0.4) is 0 Å². The fraction of sp³-hybridized carbons (Fsp3) is 0.455. The number of rotatable bonds is 3. The number of aliphatic hydroxyl groups is 1. The predicted molar refractivity (Wildman–Crippen MR) is 61.0 cm³/mol. The Morgan fingerprint density at radius 1 is 1.43 bits per heavy atom. The van der Waals surface area contributed by atoms with Gasteiger partial charge in [0.25, 0.3) is 0 Å². The maximum absolute atomic E-state index is 9.31. The number of hydrogen-bond acceptors (Lipinski definition) is 2. The third kappa shape index (κ3) is 2.08.